The second-order valence-electron chi connectivity index (χ2n) is 4.15. The molecule has 8 N–H and O–H groups in total. The molecule has 0 rings (SSSR count). The molecule has 2 atom stereocenters. The van der Waals surface area contributed by atoms with Gasteiger partial charge in [-0.2, -0.15) is 0 Å². The van der Waals surface area contributed by atoms with Crippen molar-refractivity contribution < 1.29 is 0 Å². The van der Waals surface area contributed by atoms with Crippen LogP contribution in [0.3, 0.4) is 0 Å². The third-order valence-corrected chi connectivity index (χ3v) is 2.16. The molecule has 0 heterocycles. The Morgan fingerprint density at radius 2 is 1.94 bits per heavy atom. The van der Waals surface area contributed by atoms with Gasteiger partial charge in [0, 0.05) is 11.7 Å². The number of aliphatic imine (C=N–C) groups is 1. The number of unbranched alkanes of at least 4 members (excludes halogenated alkanes) is 1. The van der Waals surface area contributed by atoms with Gasteiger partial charge in [0.05, 0.1) is 0 Å². The molecule has 0 bridgehead atoms. The van der Waals surface area contributed by atoms with E-state index in [9.17, 15) is 0 Å². The first kappa shape index (κ1) is 14.9. The van der Waals surface area contributed by atoms with Gasteiger partial charge in [-0.25, -0.2) is 0 Å². The Hall–Kier alpha value is -1.07. The lowest BCUT2D eigenvalue weighted by molar-refractivity contribution is 0.491. The van der Waals surface area contributed by atoms with E-state index in [2.05, 4.69) is 11.9 Å². The molecule has 0 unspecified atom stereocenters. The van der Waals surface area contributed by atoms with Crippen molar-refractivity contribution >= 4 is 5.84 Å². The number of hydrogen-bond donors (Lipinski definition) is 4. The Kier molecular flexibility index (Phi) is 7.58. The van der Waals surface area contributed by atoms with Crippen molar-refractivity contribution in [3.63, 3.8) is 0 Å². The molecule has 0 aliphatic carbocycles. The average Bonchev–Trinajstić information content (AvgIpc) is 2.12. The van der Waals surface area contributed by atoms with Crippen LogP contribution >= 0.6 is 0 Å². The number of rotatable bonds is 7. The van der Waals surface area contributed by atoms with E-state index in [4.69, 9.17) is 22.9 Å². The summed E-state index contributed by atoms with van der Waals surface area (Å²) in [5, 5.41) is 0. The Labute approximate surface area is 98.0 Å². The van der Waals surface area contributed by atoms with Crippen LogP contribution in [0, 0.1) is 0 Å². The Bertz CT molecular complexity index is 243. The van der Waals surface area contributed by atoms with Gasteiger partial charge in [-0.3, -0.25) is 4.99 Å². The zero-order valence-corrected chi connectivity index (χ0v) is 10.3. The van der Waals surface area contributed by atoms with E-state index in [1.165, 1.54) is 0 Å². The maximum atomic E-state index is 5.91. The molecule has 0 aromatic carbocycles. The molecule has 5 nitrogen and oxygen atoms in total. The predicted octanol–water partition coefficient (Wildman–Crippen LogP) is 0.399. The van der Waals surface area contributed by atoms with Crippen LogP contribution in [0.4, 0.5) is 0 Å². The summed E-state index contributed by atoms with van der Waals surface area (Å²) < 4.78 is 0. The summed E-state index contributed by atoms with van der Waals surface area (Å²) in [4.78, 5) is 4.10. The molecule has 0 spiro atoms. The number of hydrogen-bond acceptors (Lipinski definition) is 4. The summed E-state index contributed by atoms with van der Waals surface area (Å²) in [6.45, 7) is 3.89. The second kappa shape index (κ2) is 8.13. The molecule has 0 amide bonds. The fourth-order valence-corrected chi connectivity index (χ4v) is 1.41. The zero-order valence-electron chi connectivity index (χ0n) is 10.3. The van der Waals surface area contributed by atoms with Gasteiger partial charge in [0.2, 0.25) is 0 Å². The topological polar surface area (TPSA) is 116 Å². The summed E-state index contributed by atoms with van der Waals surface area (Å²) in [7, 11) is 0. The van der Waals surface area contributed by atoms with Crippen LogP contribution in [0.5, 0.6) is 0 Å². The van der Waals surface area contributed by atoms with Gasteiger partial charge in [-0.15, -0.1) is 0 Å². The van der Waals surface area contributed by atoms with Crippen molar-refractivity contribution in [2.24, 2.45) is 27.9 Å². The zero-order chi connectivity index (χ0) is 12.6. The van der Waals surface area contributed by atoms with Crippen molar-refractivity contribution in [1.29, 1.82) is 0 Å². The lowest BCUT2D eigenvalue weighted by Crippen LogP contribution is -2.31. The SMILES string of the molecule is CCCC[C@H](N)C[C@H](N)N=C(N)/C=C(/C)N. The van der Waals surface area contributed by atoms with Crippen LogP contribution in [0.1, 0.15) is 39.5 Å². The van der Waals surface area contributed by atoms with Gasteiger partial charge in [0.1, 0.15) is 12.0 Å². The van der Waals surface area contributed by atoms with Crippen molar-refractivity contribution in [3.8, 4) is 0 Å². The lowest BCUT2D eigenvalue weighted by Gasteiger charge is -2.14. The highest BCUT2D eigenvalue weighted by Crippen LogP contribution is 2.04. The van der Waals surface area contributed by atoms with E-state index in [-0.39, 0.29) is 12.2 Å². The first-order valence-corrected chi connectivity index (χ1v) is 5.74. The standard InChI is InChI=1S/C11H25N5/c1-3-4-5-9(13)7-11(15)16-10(14)6-8(2)12/h6,9,11H,3-5,7,12-13,15H2,1-2H3,(H2,14,16)/b8-6-/t9-,11+/m0/s1. The average molecular weight is 227 g/mol. The summed E-state index contributed by atoms with van der Waals surface area (Å²) in [6.07, 6.45) is 5.14. The minimum Gasteiger partial charge on any atom is -0.402 e. The van der Waals surface area contributed by atoms with Gasteiger partial charge in [0.15, 0.2) is 0 Å². The summed E-state index contributed by atoms with van der Waals surface area (Å²) in [6, 6.07) is 0.0921. The summed E-state index contributed by atoms with van der Waals surface area (Å²) in [5.74, 6) is 0.357. The van der Waals surface area contributed by atoms with E-state index in [0.29, 0.717) is 18.0 Å². The molecule has 0 aromatic rings. The van der Waals surface area contributed by atoms with Crippen LogP contribution in [-0.2, 0) is 0 Å². The maximum absolute atomic E-state index is 5.91. The first-order valence-electron chi connectivity index (χ1n) is 5.74. The van der Waals surface area contributed by atoms with Gasteiger partial charge in [0.25, 0.3) is 0 Å². The van der Waals surface area contributed by atoms with Crippen LogP contribution in [0.2, 0.25) is 0 Å². The number of nitrogens with two attached hydrogens (primary N) is 4. The second-order valence-corrected chi connectivity index (χ2v) is 4.15. The smallest absolute Gasteiger partial charge is 0.121 e. The van der Waals surface area contributed by atoms with Gasteiger partial charge in [-0.05, 0) is 25.8 Å². The normalized spacial score (nSPS) is 17.2. The van der Waals surface area contributed by atoms with Gasteiger partial charge in [-0.1, -0.05) is 19.8 Å². The largest absolute Gasteiger partial charge is 0.402 e. The molecule has 16 heavy (non-hydrogen) atoms. The van der Waals surface area contributed by atoms with Crippen LogP contribution in [0.25, 0.3) is 0 Å². The first-order chi connectivity index (χ1) is 7.45. The molecule has 0 saturated carbocycles. The third-order valence-electron chi connectivity index (χ3n) is 2.16. The quantitative estimate of drug-likeness (QED) is 0.372. The molecule has 0 fully saturated rings. The van der Waals surface area contributed by atoms with Gasteiger partial charge < -0.3 is 22.9 Å². The fraction of sp³-hybridized carbons (Fsp3) is 0.727. The molecule has 0 aliphatic rings. The van der Waals surface area contributed by atoms with E-state index >= 15 is 0 Å². The molecule has 0 radical (unpaired) electrons. The highest BCUT2D eigenvalue weighted by molar-refractivity contribution is 5.91. The molecule has 0 aromatic heterocycles. The van der Waals surface area contributed by atoms with Crippen LogP contribution < -0.4 is 22.9 Å². The highest BCUT2D eigenvalue weighted by atomic mass is 15.0. The number of amidine groups is 1. The Balaban J connectivity index is 4.06. The molecule has 94 valence electrons. The monoisotopic (exact) mass is 227 g/mol. The summed E-state index contributed by atoms with van der Waals surface area (Å²) in [5.41, 5.74) is 23.4. The highest BCUT2D eigenvalue weighted by Gasteiger charge is 2.07. The number of nitrogens with zero attached hydrogens (tertiary/aromatic N) is 1. The minimum absolute atomic E-state index is 0.0921. The molecule has 0 saturated heterocycles. The van der Waals surface area contributed by atoms with Crippen molar-refractivity contribution in [1.82, 2.24) is 0 Å². The maximum Gasteiger partial charge on any atom is 0.121 e. The van der Waals surface area contributed by atoms with E-state index in [0.717, 1.165) is 19.3 Å². The Morgan fingerprint density at radius 3 is 2.44 bits per heavy atom. The molecule has 5 heteroatoms. The fourth-order valence-electron chi connectivity index (χ4n) is 1.41. The van der Waals surface area contributed by atoms with E-state index in [1.54, 1.807) is 13.0 Å². The lowest BCUT2D eigenvalue weighted by atomic mass is 10.1. The minimum atomic E-state index is -0.345. The van der Waals surface area contributed by atoms with E-state index in [1.807, 2.05) is 0 Å². The van der Waals surface area contributed by atoms with Crippen molar-refractivity contribution in [3.05, 3.63) is 11.8 Å². The van der Waals surface area contributed by atoms with Gasteiger partial charge >= 0.3 is 0 Å². The predicted molar refractivity (Wildman–Crippen MR) is 69.7 cm³/mol. The van der Waals surface area contributed by atoms with Crippen LogP contribution in [0.15, 0.2) is 16.8 Å². The molecular weight excluding hydrogens is 202 g/mol. The summed E-state index contributed by atoms with van der Waals surface area (Å²) >= 11 is 0. The third kappa shape index (κ3) is 8.26. The molecular formula is C11H25N5. The molecule has 0 aliphatic heterocycles. The van der Waals surface area contributed by atoms with Crippen molar-refractivity contribution in [2.75, 3.05) is 0 Å². The van der Waals surface area contributed by atoms with Crippen LogP contribution in [-0.4, -0.2) is 18.0 Å². The van der Waals surface area contributed by atoms with Crippen molar-refractivity contribution in [2.45, 2.75) is 51.7 Å². The number of allylic oxidation sites excluding steroid dienone is 1. The van der Waals surface area contributed by atoms with E-state index < -0.39 is 0 Å². The Morgan fingerprint density at radius 1 is 1.31 bits per heavy atom.